The quantitative estimate of drug-likeness (QED) is 0.668. The molecule has 11 heteroatoms. The minimum absolute atomic E-state index is 0.0694. The highest BCUT2D eigenvalue weighted by Gasteiger charge is 2.40. The van der Waals surface area contributed by atoms with Crippen molar-refractivity contribution in [2.45, 2.75) is 30.1 Å². The molecule has 31 heavy (non-hydrogen) atoms. The number of rotatable bonds is 4. The summed E-state index contributed by atoms with van der Waals surface area (Å²) in [6, 6.07) is 3.94. The molecule has 1 saturated heterocycles. The maximum absolute atomic E-state index is 15.0. The van der Waals surface area contributed by atoms with E-state index in [1.807, 2.05) is 0 Å². The minimum atomic E-state index is -1.49. The van der Waals surface area contributed by atoms with E-state index >= 15 is 4.39 Å². The fraction of sp³-hybridized carbons (Fsp3) is 0.400. The van der Waals surface area contributed by atoms with Crippen molar-refractivity contribution in [3.63, 3.8) is 0 Å². The molecule has 1 fully saturated rings. The zero-order valence-corrected chi connectivity index (χ0v) is 17.4. The standard InChI is InChI=1S/C20H20F3N5O2S/c1-31(30)19-9-18(24-11-25-19)27-5-3-15(16(23)10-27)20(29)28-17(2-4-26-28)12-6-13(21)8-14(22)7-12/h4,6-9,11,15-17H,2-3,5,10H2,1H3/t15-,16+,17-,31+/m1/s1. The van der Waals surface area contributed by atoms with Gasteiger partial charge in [-0.1, -0.05) is 0 Å². The van der Waals surface area contributed by atoms with E-state index < -0.39 is 46.5 Å². The Morgan fingerprint density at radius 3 is 2.58 bits per heavy atom. The molecule has 0 unspecified atom stereocenters. The topological polar surface area (TPSA) is 78.8 Å². The van der Waals surface area contributed by atoms with Crippen molar-refractivity contribution in [3.8, 4) is 0 Å². The van der Waals surface area contributed by atoms with Crippen molar-refractivity contribution in [2.24, 2.45) is 11.0 Å². The fourth-order valence-corrected chi connectivity index (χ4v) is 4.36. The van der Waals surface area contributed by atoms with Crippen LogP contribution < -0.4 is 4.90 Å². The first-order valence-corrected chi connectivity index (χ1v) is 11.3. The number of amides is 1. The van der Waals surface area contributed by atoms with Crippen molar-refractivity contribution in [2.75, 3.05) is 24.2 Å². The van der Waals surface area contributed by atoms with Gasteiger partial charge in [0.2, 0.25) is 5.91 Å². The van der Waals surface area contributed by atoms with Gasteiger partial charge in [0.25, 0.3) is 0 Å². The fourth-order valence-electron chi connectivity index (χ4n) is 3.89. The summed E-state index contributed by atoms with van der Waals surface area (Å²) < 4.78 is 53.9. The highest BCUT2D eigenvalue weighted by molar-refractivity contribution is 7.84. The van der Waals surface area contributed by atoms with Crippen LogP contribution in [0.25, 0.3) is 0 Å². The largest absolute Gasteiger partial charge is 0.354 e. The molecule has 4 rings (SSSR count). The number of nitrogens with zero attached hydrogens (tertiary/aromatic N) is 5. The van der Waals surface area contributed by atoms with Crippen LogP contribution >= 0.6 is 0 Å². The molecule has 0 spiro atoms. The third-order valence-electron chi connectivity index (χ3n) is 5.43. The van der Waals surface area contributed by atoms with Gasteiger partial charge in [0.05, 0.1) is 29.3 Å². The van der Waals surface area contributed by atoms with E-state index in [-0.39, 0.29) is 18.5 Å². The van der Waals surface area contributed by atoms with Gasteiger partial charge in [0, 0.05) is 37.6 Å². The van der Waals surface area contributed by atoms with Crippen molar-refractivity contribution < 1.29 is 22.2 Å². The number of halogens is 3. The third kappa shape index (κ3) is 4.46. The summed E-state index contributed by atoms with van der Waals surface area (Å²) in [7, 11) is -1.30. The van der Waals surface area contributed by atoms with Gasteiger partial charge in [-0.25, -0.2) is 28.1 Å². The van der Waals surface area contributed by atoms with E-state index in [2.05, 4.69) is 15.1 Å². The molecule has 2 aliphatic rings. The highest BCUT2D eigenvalue weighted by atomic mass is 32.2. The molecule has 1 aromatic heterocycles. The van der Waals surface area contributed by atoms with Gasteiger partial charge >= 0.3 is 0 Å². The molecule has 3 heterocycles. The number of hydrazone groups is 1. The Morgan fingerprint density at radius 1 is 1.16 bits per heavy atom. The Balaban J connectivity index is 1.48. The van der Waals surface area contributed by atoms with Gasteiger partial charge < -0.3 is 4.90 Å². The first-order chi connectivity index (χ1) is 14.8. The van der Waals surface area contributed by atoms with E-state index in [0.29, 0.717) is 23.8 Å². The van der Waals surface area contributed by atoms with Gasteiger partial charge in [0.1, 0.15) is 35.0 Å². The van der Waals surface area contributed by atoms with E-state index in [1.54, 1.807) is 11.0 Å². The first-order valence-electron chi connectivity index (χ1n) is 9.69. The molecule has 2 aliphatic heterocycles. The lowest BCUT2D eigenvalue weighted by Crippen LogP contribution is -2.48. The molecular weight excluding hydrogens is 431 g/mol. The van der Waals surface area contributed by atoms with Crippen LogP contribution in [0, 0.1) is 17.6 Å². The van der Waals surface area contributed by atoms with Crippen LogP contribution in [-0.2, 0) is 15.6 Å². The van der Waals surface area contributed by atoms with E-state index in [9.17, 15) is 17.8 Å². The summed E-state index contributed by atoms with van der Waals surface area (Å²) in [5.41, 5.74) is 0.275. The van der Waals surface area contributed by atoms with Crippen LogP contribution in [-0.4, -0.2) is 56.8 Å². The normalized spacial score (nSPS) is 24.5. The zero-order chi connectivity index (χ0) is 22.1. The lowest BCUT2D eigenvalue weighted by atomic mass is 9.92. The van der Waals surface area contributed by atoms with Gasteiger partial charge in [-0.15, -0.1) is 0 Å². The number of aromatic nitrogens is 2. The average molecular weight is 451 g/mol. The summed E-state index contributed by atoms with van der Waals surface area (Å²) in [4.78, 5) is 22.8. The molecule has 164 valence electrons. The second-order valence-electron chi connectivity index (χ2n) is 7.46. The second kappa shape index (κ2) is 8.74. The molecule has 0 N–H and O–H groups in total. The predicted molar refractivity (Wildman–Crippen MR) is 109 cm³/mol. The number of hydrogen-bond acceptors (Lipinski definition) is 6. The average Bonchev–Trinajstić information content (AvgIpc) is 3.22. The Morgan fingerprint density at radius 2 is 1.90 bits per heavy atom. The molecular formula is C20H20F3N5O2S. The minimum Gasteiger partial charge on any atom is -0.354 e. The summed E-state index contributed by atoms with van der Waals surface area (Å²) in [5, 5.41) is 5.52. The second-order valence-corrected chi connectivity index (χ2v) is 8.79. The summed E-state index contributed by atoms with van der Waals surface area (Å²) >= 11 is 0. The van der Waals surface area contributed by atoms with E-state index in [0.717, 1.165) is 23.2 Å². The maximum atomic E-state index is 15.0. The van der Waals surface area contributed by atoms with Crippen LogP contribution in [0.1, 0.15) is 24.4 Å². The molecule has 0 bridgehead atoms. The lowest BCUT2D eigenvalue weighted by Gasteiger charge is -2.36. The number of carbonyl (C=O) groups is 1. The number of anilines is 1. The maximum Gasteiger partial charge on any atom is 0.249 e. The Bertz CT molecular complexity index is 1030. The van der Waals surface area contributed by atoms with Gasteiger partial charge in [0.15, 0.2) is 0 Å². The molecule has 0 aliphatic carbocycles. The molecule has 1 aromatic carbocycles. The van der Waals surface area contributed by atoms with Crippen LogP contribution in [0.3, 0.4) is 0 Å². The number of hydrogen-bond donors (Lipinski definition) is 0. The summed E-state index contributed by atoms with van der Waals surface area (Å²) in [6.45, 7) is 0.292. The molecule has 2 aromatic rings. The van der Waals surface area contributed by atoms with Crippen LogP contribution in [0.15, 0.2) is 40.7 Å². The molecule has 1 amide bonds. The Labute approximate surface area is 179 Å². The molecule has 4 atom stereocenters. The molecule has 0 radical (unpaired) electrons. The number of benzene rings is 1. The van der Waals surface area contributed by atoms with E-state index in [4.69, 9.17) is 0 Å². The van der Waals surface area contributed by atoms with Crippen molar-refractivity contribution >= 4 is 28.7 Å². The molecule has 7 nitrogen and oxygen atoms in total. The Hall–Kier alpha value is -2.82. The number of alkyl halides is 1. The number of carbonyl (C=O) groups excluding carboxylic acids is 1. The number of piperidine rings is 1. The highest BCUT2D eigenvalue weighted by Crippen LogP contribution is 2.34. The predicted octanol–water partition coefficient (Wildman–Crippen LogP) is 2.62. The van der Waals surface area contributed by atoms with Crippen molar-refractivity contribution in [1.29, 1.82) is 0 Å². The zero-order valence-electron chi connectivity index (χ0n) is 16.6. The summed E-state index contributed by atoms with van der Waals surface area (Å²) in [6.07, 6.45) is 3.27. The van der Waals surface area contributed by atoms with Crippen LogP contribution in [0.2, 0.25) is 0 Å². The monoisotopic (exact) mass is 451 g/mol. The van der Waals surface area contributed by atoms with Gasteiger partial charge in [-0.3, -0.25) is 9.00 Å². The van der Waals surface area contributed by atoms with Crippen LogP contribution in [0.4, 0.5) is 19.0 Å². The molecule has 0 saturated carbocycles. The summed E-state index contributed by atoms with van der Waals surface area (Å²) in [5.74, 6) is -2.50. The van der Waals surface area contributed by atoms with Crippen molar-refractivity contribution in [1.82, 2.24) is 15.0 Å². The van der Waals surface area contributed by atoms with Gasteiger partial charge in [-0.2, -0.15) is 5.10 Å². The smallest absolute Gasteiger partial charge is 0.249 e. The van der Waals surface area contributed by atoms with Crippen molar-refractivity contribution in [3.05, 3.63) is 47.8 Å². The van der Waals surface area contributed by atoms with Crippen LogP contribution in [0.5, 0.6) is 0 Å². The Kier molecular flexibility index (Phi) is 6.03. The van der Waals surface area contributed by atoms with Gasteiger partial charge in [-0.05, 0) is 24.1 Å². The lowest BCUT2D eigenvalue weighted by molar-refractivity contribution is -0.140. The SMILES string of the molecule is C[S@](=O)c1cc(N2CC[C@@H](C(=O)N3N=CC[C@@H]3c3cc(F)cc(F)c3)[C@@H](F)C2)ncn1. The van der Waals surface area contributed by atoms with E-state index in [1.165, 1.54) is 18.8 Å². The third-order valence-corrected chi connectivity index (χ3v) is 6.24. The first kappa shape index (κ1) is 21.4.